The van der Waals surface area contributed by atoms with Crippen LogP contribution in [0.25, 0.3) is 11.1 Å². The lowest BCUT2D eigenvalue weighted by Crippen LogP contribution is -2.52. The van der Waals surface area contributed by atoms with Crippen molar-refractivity contribution in [2.75, 3.05) is 19.7 Å². The lowest BCUT2D eigenvalue weighted by molar-refractivity contribution is 0.00797. The SMILES string of the molecule is Cn1cc(CN(C(=O)OCC2c3ccccc3-c3ccccc32)[C@H]2CCCN(C(=O)OC(C)(C)C)C2)c(C(=O)O)n1. The summed E-state index contributed by atoms with van der Waals surface area (Å²) in [6, 6.07) is 15.8. The van der Waals surface area contributed by atoms with Crippen LogP contribution in [0.2, 0.25) is 0 Å². The predicted molar refractivity (Wildman–Crippen MR) is 152 cm³/mol. The molecule has 3 aromatic rings. The van der Waals surface area contributed by atoms with Gasteiger partial charge in [-0.15, -0.1) is 0 Å². The van der Waals surface area contributed by atoms with Crippen LogP contribution in [0.3, 0.4) is 0 Å². The molecular formula is C31H36N4O6. The molecule has 0 bridgehead atoms. The molecule has 1 atom stereocenters. The number of hydrogen-bond acceptors (Lipinski definition) is 6. The van der Waals surface area contributed by atoms with E-state index in [1.54, 1.807) is 18.1 Å². The van der Waals surface area contributed by atoms with Crippen molar-refractivity contribution < 1.29 is 29.0 Å². The van der Waals surface area contributed by atoms with Gasteiger partial charge in [0.05, 0.1) is 12.6 Å². The molecular weight excluding hydrogens is 524 g/mol. The van der Waals surface area contributed by atoms with Gasteiger partial charge in [-0.1, -0.05) is 48.5 Å². The summed E-state index contributed by atoms with van der Waals surface area (Å²) in [6.07, 6.45) is 1.88. The zero-order valence-corrected chi connectivity index (χ0v) is 23.9. The molecule has 0 radical (unpaired) electrons. The first-order chi connectivity index (χ1) is 19.5. The maximum atomic E-state index is 13.8. The molecule has 2 heterocycles. The minimum absolute atomic E-state index is 0.0149. The number of carboxylic acid groups (broad SMARTS) is 1. The average Bonchev–Trinajstić information content (AvgIpc) is 3.47. The summed E-state index contributed by atoms with van der Waals surface area (Å²) in [4.78, 5) is 41.7. The van der Waals surface area contributed by atoms with Crippen LogP contribution in [0.1, 0.15) is 66.7 Å². The quantitative estimate of drug-likeness (QED) is 0.437. The average molecular weight is 561 g/mol. The standard InChI is InChI=1S/C31H36N4O6/c1-31(2,3)41-29(38)34-15-9-10-21(18-34)35(17-20-16-33(4)32-27(20)28(36)37)30(39)40-19-26-24-13-7-5-11-22(24)23-12-6-8-14-25(23)26/h5-8,11-14,16,21,26H,9-10,15,17-19H2,1-4H3,(H,36,37)/t21-/m0/s1. The summed E-state index contributed by atoms with van der Waals surface area (Å²) in [7, 11) is 1.64. The Bertz CT molecular complexity index is 1410. The fourth-order valence-electron chi connectivity index (χ4n) is 5.74. The van der Waals surface area contributed by atoms with Crippen LogP contribution < -0.4 is 0 Å². The third-order valence-corrected chi connectivity index (χ3v) is 7.51. The van der Waals surface area contributed by atoms with Gasteiger partial charge in [0.1, 0.15) is 12.2 Å². The van der Waals surface area contributed by atoms with E-state index in [1.165, 1.54) is 9.58 Å². The molecule has 1 aliphatic heterocycles. The molecule has 2 aliphatic rings. The summed E-state index contributed by atoms with van der Waals surface area (Å²) in [6.45, 7) is 6.31. The van der Waals surface area contributed by atoms with Gasteiger partial charge < -0.3 is 19.5 Å². The molecule has 1 saturated heterocycles. The van der Waals surface area contributed by atoms with E-state index in [0.717, 1.165) is 22.3 Å². The number of nitrogens with zero attached hydrogens (tertiary/aromatic N) is 4. The Hall–Kier alpha value is -4.34. The molecule has 0 saturated carbocycles. The molecule has 1 fully saturated rings. The van der Waals surface area contributed by atoms with E-state index in [-0.39, 0.29) is 31.3 Å². The molecule has 1 aliphatic carbocycles. The van der Waals surface area contributed by atoms with E-state index in [1.807, 2.05) is 45.0 Å². The molecule has 2 aromatic carbocycles. The van der Waals surface area contributed by atoms with Crippen molar-refractivity contribution in [2.24, 2.45) is 7.05 Å². The number of aromatic carboxylic acids is 1. The Balaban J connectivity index is 1.39. The fourth-order valence-corrected chi connectivity index (χ4v) is 5.74. The first kappa shape index (κ1) is 28.2. The molecule has 5 rings (SSSR count). The van der Waals surface area contributed by atoms with E-state index < -0.39 is 29.8 Å². The number of carbonyl (C=O) groups is 3. The molecule has 41 heavy (non-hydrogen) atoms. The van der Waals surface area contributed by atoms with E-state index in [9.17, 15) is 19.5 Å². The van der Waals surface area contributed by atoms with Gasteiger partial charge in [0.15, 0.2) is 5.69 Å². The molecule has 1 aromatic heterocycles. The number of carbonyl (C=O) groups excluding carboxylic acids is 2. The highest BCUT2D eigenvalue weighted by Gasteiger charge is 2.36. The van der Waals surface area contributed by atoms with Crippen LogP contribution in [0, 0.1) is 0 Å². The minimum atomic E-state index is -1.17. The van der Waals surface area contributed by atoms with Crippen LogP contribution in [-0.4, -0.2) is 74.2 Å². The first-order valence-corrected chi connectivity index (χ1v) is 13.9. The lowest BCUT2D eigenvalue weighted by atomic mass is 9.98. The lowest BCUT2D eigenvalue weighted by Gasteiger charge is -2.39. The first-order valence-electron chi connectivity index (χ1n) is 13.9. The molecule has 0 unspecified atom stereocenters. The normalized spacial score (nSPS) is 16.6. The Morgan fingerprint density at radius 3 is 2.29 bits per heavy atom. The molecule has 10 nitrogen and oxygen atoms in total. The summed E-state index contributed by atoms with van der Waals surface area (Å²) >= 11 is 0. The van der Waals surface area contributed by atoms with Crippen LogP contribution in [-0.2, 0) is 23.1 Å². The fraction of sp³-hybridized carbons (Fsp3) is 0.419. The number of likely N-dealkylation sites (tertiary alicyclic amines) is 1. The Kier molecular flexibility index (Phi) is 7.75. The number of ether oxygens (including phenoxy) is 2. The molecule has 216 valence electrons. The van der Waals surface area contributed by atoms with Gasteiger partial charge in [0, 0.05) is 37.8 Å². The zero-order valence-electron chi connectivity index (χ0n) is 23.9. The number of benzene rings is 2. The Morgan fingerprint density at radius 2 is 1.68 bits per heavy atom. The zero-order chi connectivity index (χ0) is 29.3. The topological polar surface area (TPSA) is 114 Å². The maximum Gasteiger partial charge on any atom is 0.410 e. The second-order valence-corrected chi connectivity index (χ2v) is 11.6. The largest absolute Gasteiger partial charge is 0.476 e. The minimum Gasteiger partial charge on any atom is -0.476 e. The van der Waals surface area contributed by atoms with Gasteiger partial charge >= 0.3 is 18.2 Å². The number of fused-ring (bicyclic) bond motifs is 3. The van der Waals surface area contributed by atoms with Crippen molar-refractivity contribution in [1.29, 1.82) is 0 Å². The van der Waals surface area contributed by atoms with Crippen molar-refractivity contribution in [1.82, 2.24) is 19.6 Å². The van der Waals surface area contributed by atoms with Crippen molar-refractivity contribution in [2.45, 2.75) is 57.7 Å². The van der Waals surface area contributed by atoms with E-state index >= 15 is 0 Å². The Morgan fingerprint density at radius 1 is 1.05 bits per heavy atom. The third-order valence-electron chi connectivity index (χ3n) is 7.51. The smallest absolute Gasteiger partial charge is 0.410 e. The van der Waals surface area contributed by atoms with Crippen LogP contribution in [0.4, 0.5) is 9.59 Å². The molecule has 0 spiro atoms. The number of aryl methyl sites for hydroxylation is 1. The van der Waals surface area contributed by atoms with Gasteiger partial charge in [-0.2, -0.15) is 5.10 Å². The summed E-state index contributed by atoms with van der Waals surface area (Å²) in [5, 5.41) is 13.8. The number of piperidine rings is 1. The van der Waals surface area contributed by atoms with Crippen LogP contribution in [0.15, 0.2) is 54.7 Å². The monoisotopic (exact) mass is 560 g/mol. The van der Waals surface area contributed by atoms with Gasteiger partial charge in [-0.05, 0) is 55.9 Å². The van der Waals surface area contributed by atoms with E-state index in [0.29, 0.717) is 24.9 Å². The highest BCUT2D eigenvalue weighted by atomic mass is 16.6. The van der Waals surface area contributed by atoms with Crippen LogP contribution in [0.5, 0.6) is 0 Å². The second-order valence-electron chi connectivity index (χ2n) is 11.6. The number of carboxylic acids is 1. The number of hydrogen-bond donors (Lipinski definition) is 1. The third kappa shape index (κ3) is 6.06. The van der Waals surface area contributed by atoms with Gasteiger partial charge in [0.2, 0.25) is 0 Å². The summed E-state index contributed by atoms with van der Waals surface area (Å²) < 4.78 is 13.0. The van der Waals surface area contributed by atoms with E-state index in [4.69, 9.17) is 9.47 Å². The Labute approximate surface area is 239 Å². The number of aromatic nitrogens is 2. The molecule has 1 N–H and O–H groups in total. The van der Waals surface area contributed by atoms with Crippen LogP contribution >= 0.6 is 0 Å². The molecule has 2 amide bonds. The van der Waals surface area contributed by atoms with Gasteiger partial charge in [-0.25, -0.2) is 14.4 Å². The highest BCUT2D eigenvalue weighted by Crippen LogP contribution is 2.44. The number of rotatable bonds is 6. The highest BCUT2D eigenvalue weighted by molar-refractivity contribution is 5.87. The maximum absolute atomic E-state index is 13.8. The predicted octanol–water partition coefficient (Wildman–Crippen LogP) is 5.27. The van der Waals surface area contributed by atoms with Crippen molar-refractivity contribution in [3.05, 3.63) is 77.1 Å². The van der Waals surface area contributed by atoms with Crippen molar-refractivity contribution in [3.8, 4) is 11.1 Å². The van der Waals surface area contributed by atoms with Crippen molar-refractivity contribution >= 4 is 18.2 Å². The summed E-state index contributed by atoms with van der Waals surface area (Å²) in [5.74, 6) is -1.29. The van der Waals surface area contributed by atoms with Gasteiger partial charge in [-0.3, -0.25) is 9.58 Å². The van der Waals surface area contributed by atoms with Gasteiger partial charge in [0.25, 0.3) is 0 Å². The van der Waals surface area contributed by atoms with E-state index in [2.05, 4.69) is 29.4 Å². The molecule has 10 heteroatoms. The second kappa shape index (κ2) is 11.3. The summed E-state index contributed by atoms with van der Waals surface area (Å²) in [5.41, 5.74) is 4.07. The number of amides is 2. The van der Waals surface area contributed by atoms with Crippen molar-refractivity contribution in [3.63, 3.8) is 0 Å².